The van der Waals surface area contributed by atoms with Crippen LogP contribution in [0.25, 0.3) is 0 Å². The molecule has 1 amide bonds. The number of likely N-dealkylation sites (N-methyl/N-ethyl adjacent to an activating group) is 1. The first kappa shape index (κ1) is 20.2. The lowest BCUT2D eigenvalue weighted by Crippen LogP contribution is -2.60. The van der Waals surface area contributed by atoms with E-state index < -0.39 is 35.8 Å². The minimum atomic E-state index is -6.58. The lowest BCUT2D eigenvalue weighted by Gasteiger charge is -2.33. The van der Waals surface area contributed by atoms with Gasteiger partial charge in [0.05, 0.1) is 0 Å². The van der Waals surface area contributed by atoms with Crippen LogP contribution < -0.4 is 0 Å². The summed E-state index contributed by atoms with van der Waals surface area (Å²) >= 11 is 0. The molecule has 0 radical (unpaired) electrons. The first-order chi connectivity index (χ1) is 10.7. The summed E-state index contributed by atoms with van der Waals surface area (Å²) in [6, 6.07) is 3.52. The summed E-state index contributed by atoms with van der Waals surface area (Å²) in [4.78, 5) is 11.6. The van der Waals surface area contributed by atoms with Crippen molar-refractivity contribution in [1.29, 1.82) is 0 Å². The lowest BCUT2D eigenvalue weighted by molar-refractivity contribution is -0.346. The van der Waals surface area contributed by atoms with E-state index in [0.29, 0.717) is 12.6 Å². The molecular formula is C14H13F8NO. The van der Waals surface area contributed by atoms with Gasteiger partial charge in [0, 0.05) is 13.1 Å². The summed E-state index contributed by atoms with van der Waals surface area (Å²) in [6.45, 7) is 1.18. The maximum absolute atomic E-state index is 13.4. The number of alkyl halides is 7. The molecule has 0 aromatic heterocycles. The largest absolute Gasteiger partial charge is 0.460 e. The number of benzene rings is 1. The second kappa shape index (κ2) is 6.56. The highest BCUT2D eigenvalue weighted by Crippen LogP contribution is 2.47. The number of halogens is 8. The number of rotatable bonds is 5. The average molecular weight is 363 g/mol. The van der Waals surface area contributed by atoms with E-state index in [0.717, 1.165) is 12.1 Å². The molecule has 0 spiro atoms. The van der Waals surface area contributed by atoms with Crippen LogP contribution in [0.2, 0.25) is 0 Å². The Balaban J connectivity index is 2.94. The Morgan fingerprint density at radius 1 is 1.04 bits per heavy atom. The van der Waals surface area contributed by atoms with Crippen molar-refractivity contribution in [2.24, 2.45) is 0 Å². The number of amides is 1. The Kier molecular flexibility index (Phi) is 5.51. The van der Waals surface area contributed by atoms with Crippen molar-refractivity contribution in [2.45, 2.75) is 37.4 Å². The van der Waals surface area contributed by atoms with Crippen LogP contribution in [0.1, 0.15) is 12.5 Å². The van der Waals surface area contributed by atoms with Crippen LogP contribution in [0.4, 0.5) is 35.1 Å². The van der Waals surface area contributed by atoms with E-state index in [4.69, 9.17) is 0 Å². The van der Waals surface area contributed by atoms with Gasteiger partial charge in [0.2, 0.25) is 0 Å². The van der Waals surface area contributed by atoms with Gasteiger partial charge >= 0.3 is 18.0 Å². The van der Waals surface area contributed by atoms with Crippen molar-refractivity contribution in [3.8, 4) is 0 Å². The normalized spacial score (nSPS) is 14.4. The third kappa shape index (κ3) is 3.78. The summed E-state index contributed by atoms with van der Waals surface area (Å²) in [5.74, 6) is -15.7. The predicted molar refractivity (Wildman–Crippen MR) is 68.3 cm³/mol. The second-order valence-electron chi connectivity index (χ2n) is 5.24. The number of carbonyl (C=O) groups excluding carboxylic acids is 1. The zero-order valence-electron chi connectivity index (χ0n) is 12.5. The van der Waals surface area contributed by atoms with Gasteiger partial charge in [-0.2, -0.15) is 30.7 Å². The Morgan fingerprint density at radius 3 is 1.92 bits per heavy atom. The Labute approximate surface area is 132 Å². The summed E-state index contributed by atoms with van der Waals surface area (Å²) in [5.41, 5.74) is 0.384. The van der Waals surface area contributed by atoms with E-state index in [1.54, 1.807) is 0 Å². The SMILES string of the molecule is CC(Cc1ccc(F)cc1)N(C)C(=O)C(F)(F)C(F)(F)C(F)(F)F. The van der Waals surface area contributed by atoms with E-state index in [1.165, 1.54) is 19.1 Å². The molecule has 0 saturated carbocycles. The molecule has 1 rings (SSSR count). The number of hydrogen-bond acceptors (Lipinski definition) is 1. The standard InChI is InChI=1S/C14H13F8NO/c1-8(7-9-3-5-10(15)6-4-9)23(2)11(24)12(16,17)13(18,19)14(20,21)22/h3-6,8H,7H2,1-2H3. The third-order valence-electron chi connectivity index (χ3n) is 3.44. The van der Waals surface area contributed by atoms with Crippen LogP contribution in [0.5, 0.6) is 0 Å². The Morgan fingerprint density at radius 2 is 1.50 bits per heavy atom. The smallest absolute Gasteiger partial charge is 0.337 e. The molecular weight excluding hydrogens is 350 g/mol. The molecule has 1 unspecified atom stereocenters. The first-order valence-corrected chi connectivity index (χ1v) is 6.56. The van der Waals surface area contributed by atoms with Gasteiger partial charge in [-0.05, 0) is 31.0 Å². The molecule has 24 heavy (non-hydrogen) atoms. The van der Waals surface area contributed by atoms with Crippen molar-refractivity contribution >= 4 is 5.91 Å². The number of carbonyl (C=O) groups is 1. The van der Waals surface area contributed by atoms with Crippen LogP contribution >= 0.6 is 0 Å². The van der Waals surface area contributed by atoms with Crippen molar-refractivity contribution in [3.05, 3.63) is 35.6 Å². The fourth-order valence-corrected chi connectivity index (χ4v) is 1.83. The molecule has 10 heteroatoms. The highest BCUT2D eigenvalue weighted by molar-refractivity contribution is 5.85. The molecule has 0 aliphatic heterocycles. The van der Waals surface area contributed by atoms with Crippen molar-refractivity contribution in [3.63, 3.8) is 0 Å². The van der Waals surface area contributed by atoms with Crippen LogP contribution in [0.15, 0.2) is 24.3 Å². The molecule has 0 saturated heterocycles. The second-order valence-corrected chi connectivity index (χ2v) is 5.24. The van der Waals surface area contributed by atoms with Gasteiger partial charge in [-0.15, -0.1) is 0 Å². The van der Waals surface area contributed by atoms with E-state index in [1.807, 2.05) is 0 Å². The predicted octanol–water partition coefficient (Wildman–Crippen LogP) is 4.05. The van der Waals surface area contributed by atoms with Gasteiger partial charge in [-0.3, -0.25) is 4.79 Å². The molecule has 0 aliphatic carbocycles. The van der Waals surface area contributed by atoms with Gasteiger partial charge in [0.25, 0.3) is 5.91 Å². The highest BCUT2D eigenvalue weighted by atomic mass is 19.4. The Hall–Kier alpha value is -1.87. The molecule has 0 bridgehead atoms. The number of nitrogens with zero attached hydrogens (tertiary/aromatic N) is 1. The zero-order chi connectivity index (χ0) is 18.9. The molecule has 136 valence electrons. The van der Waals surface area contributed by atoms with Crippen LogP contribution in [0.3, 0.4) is 0 Å². The van der Waals surface area contributed by atoms with Crippen molar-refractivity contribution in [1.82, 2.24) is 4.90 Å². The average Bonchev–Trinajstić information content (AvgIpc) is 2.46. The highest BCUT2D eigenvalue weighted by Gasteiger charge is 2.76. The fraction of sp³-hybridized carbons (Fsp3) is 0.500. The van der Waals surface area contributed by atoms with E-state index >= 15 is 0 Å². The Bertz CT molecular complexity index is 581. The van der Waals surface area contributed by atoms with E-state index in [-0.39, 0.29) is 11.3 Å². The maximum atomic E-state index is 13.4. The molecule has 2 nitrogen and oxygen atoms in total. The van der Waals surface area contributed by atoms with Gasteiger partial charge in [0.15, 0.2) is 0 Å². The minimum Gasteiger partial charge on any atom is -0.337 e. The van der Waals surface area contributed by atoms with Crippen LogP contribution in [-0.4, -0.2) is 41.9 Å². The van der Waals surface area contributed by atoms with Crippen LogP contribution in [-0.2, 0) is 11.2 Å². The van der Waals surface area contributed by atoms with Crippen molar-refractivity contribution < 1.29 is 39.9 Å². The topological polar surface area (TPSA) is 20.3 Å². The van der Waals surface area contributed by atoms with Gasteiger partial charge in [0.1, 0.15) is 5.82 Å². The third-order valence-corrected chi connectivity index (χ3v) is 3.44. The number of hydrogen-bond donors (Lipinski definition) is 0. The minimum absolute atomic E-state index is 0.114. The van der Waals surface area contributed by atoms with E-state index in [2.05, 4.69) is 0 Å². The fourth-order valence-electron chi connectivity index (χ4n) is 1.83. The molecule has 0 heterocycles. The van der Waals surface area contributed by atoms with Gasteiger partial charge in [-0.25, -0.2) is 4.39 Å². The van der Waals surface area contributed by atoms with Crippen molar-refractivity contribution in [2.75, 3.05) is 7.05 Å². The molecule has 0 N–H and O–H groups in total. The zero-order valence-corrected chi connectivity index (χ0v) is 12.5. The molecule has 1 aromatic carbocycles. The molecule has 0 aliphatic rings. The summed E-state index contributed by atoms with van der Waals surface area (Å²) in [6.07, 6.45) is -6.72. The van der Waals surface area contributed by atoms with Gasteiger partial charge < -0.3 is 4.90 Å². The van der Waals surface area contributed by atoms with E-state index in [9.17, 15) is 39.9 Å². The summed E-state index contributed by atoms with van der Waals surface area (Å²) in [7, 11) is 0.691. The molecule has 0 fully saturated rings. The van der Waals surface area contributed by atoms with Gasteiger partial charge in [-0.1, -0.05) is 12.1 Å². The maximum Gasteiger partial charge on any atom is 0.460 e. The van der Waals surface area contributed by atoms with Crippen LogP contribution in [0, 0.1) is 5.82 Å². The molecule has 1 aromatic rings. The summed E-state index contributed by atoms with van der Waals surface area (Å²) in [5, 5.41) is 0. The lowest BCUT2D eigenvalue weighted by atomic mass is 10.0. The quantitative estimate of drug-likeness (QED) is 0.723. The molecule has 1 atom stereocenters. The monoisotopic (exact) mass is 363 g/mol. The first-order valence-electron chi connectivity index (χ1n) is 6.56. The summed E-state index contributed by atoms with van der Waals surface area (Å²) < 4.78 is 102.